The number of anilines is 1. The monoisotopic (exact) mass is 317 g/mol. The second-order valence-electron chi connectivity index (χ2n) is 6.18. The van der Waals surface area contributed by atoms with Crippen molar-refractivity contribution in [2.24, 2.45) is 5.92 Å². The standard InChI is InChI=1S/C16H19N3O4/c20-15-8-11(10-18(15)13-5-1-2-6-13)16(21)17-12-4-3-7-14(9-12)19(22)23/h3-4,7,9,11,13H,1-2,5-6,8,10H2,(H,17,21). The van der Waals surface area contributed by atoms with Crippen LogP contribution in [0.25, 0.3) is 0 Å². The molecule has 1 saturated carbocycles. The van der Waals surface area contributed by atoms with E-state index < -0.39 is 4.92 Å². The number of carbonyl (C=O) groups is 2. The highest BCUT2D eigenvalue weighted by Gasteiger charge is 2.38. The summed E-state index contributed by atoms with van der Waals surface area (Å²) < 4.78 is 0. The number of likely N-dealkylation sites (tertiary alicyclic amines) is 1. The predicted molar refractivity (Wildman–Crippen MR) is 83.8 cm³/mol. The number of benzene rings is 1. The van der Waals surface area contributed by atoms with Crippen LogP contribution in [0.3, 0.4) is 0 Å². The van der Waals surface area contributed by atoms with E-state index >= 15 is 0 Å². The quantitative estimate of drug-likeness (QED) is 0.681. The van der Waals surface area contributed by atoms with E-state index in [1.807, 2.05) is 4.90 Å². The fourth-order valence-electron chi connectivity index (χ4n) is 3.42. The normalized spacial score (nSPS) is 21.7. The number of nitro groups is 1. The van der Waals surface area contributed by atoms with Crippen LogP contribution in [-0.4, -0.2) is 34.2 Å². The van der Waals surface area contributed by atoms with Crippen LogP contribution in [0.15, 0.2) is 24.3 Å². The Hall–Kier alpha value is -2.44. The third kappa shape index (κ3) is 3.33. The van der Waals surface area contributed by atoms with Gasteiger partial charge in [0.1, 0.15) is 0 Å². The number of amides is 2. The van der Waals surface area contributed by atoms with Crippen LogP contribution >= 0.6 is 0 Å². The van der Waals surface area contributed by atoms with E-state index in [0.29, 0.717) is 12.2 Å². The Kier molecular flexibility index (Phi) is 4.27. The van der Waals surface area contributed by atoms with Crippen molar-refractivity contribution >= 4 is 23.2 Å². The van der Waals surface area contributed by atoms with E-state index in [1.54, 1.807) is 6.07 Å². The van der Waals surface area contributed by atoms with Gasteiger partial charge in [-0.2, -0.15) is 0 Å². The minimum Gasteiger partial charge on any atom is -0.339 e. The van der Waals surface area contributed by atoms with Crippen LogP contribution in [0.2, 0.25) is 0 Å². The van der Waals surface area contributed by atoms with Gasteiger partial charge in [0.05, 0.1) is 10.8 Å². The van der Waals surface area contributed by atoms with Crippen LogP contribution in [0.5, 0.6) is 0 Å². The molecule has 1 saturated heterocycles. The first-order valence-corrected chi connectivity index (χ1v) is 7.89. The van der Waals surface area contributed by atoms with Gasteiger partial charge < -0.3 is 10.2 Å². The molecule has 1 N–H and O–H groups in total. The first-order valence-electron chi connectivity index (χ1n) is 7.89. The lowest BCUT2D eigenvalue weighted by Gasteiger charge is -2.23. The Morgan fingerprint density at radius 2 is 2.04 bits per heavy atom. The molecule has 3 rings (SSSR count). The maximum Gasteiger partial charge on any atom is 0.271 e. The molecule has 0 aromatic heterocycles. The van der Waals surface area contributed by atoms with Gasteiger partial charge in [-0.1, -0.05) is 18.9 Å². The average Bonchev–Trinajstić information content (AvgIpc) is 3.16. The van der Waals surface area contributed by atoms with Crippen molar-refractivity contribution < 1.29 is 14.5 Å². The largest absolute Gasteiger partial charge is 0.339 e. The van der Waals surface area contributed by atoms with E-state index in [2.05, 4.69) is 5.32 Å². The maximum atomic E-state index is 12.3. The number of non-ortho nitro benzene ring substituents is 1. The smallest absolute Gasteiger partial charge is 0.271 e. The van der Waals surface area contributed by atoms with Gasteiger partial charge in [0.15, 0.2) is 0 Å². The molecular weight excluding hydrogens is 298 g/mol. The highest BCUT2D eigenvalue weighted by Crippen LogP contribution is 2.30. The summed E-state index contributed by atoms with van der Waals surface area (Å²) >= 11 is 0. The van der Waals surface area contributed by atoms with Gasteiger partial charge in [-0.25, -0.2) is 0 Å². The molecule has 2 aliphatic rings. The van der Waals surface area contributed by atoms with E-state index in [1.165, 1.54) is 18.2 Å². The summed E-state index contributed by atoms with van der Waals surface area (Å²) in [4.78, 5) is 36.6. The van der Waals surface area contributed by atoms with Crippen LogP contribution in [0.4, 0.5) is 11.4 Å². The predicted octanol–water partition coefficient (Wildman–Crippen LogP) is 2.32. The van der Waals surface area contributed by atoms with E-state index in [0.717, 1.165) is 25.7 Å². The van der Waals surface area contributed by atoms with Crippen molar-refractivity contribution in [3.8, 4) is 0 Å². The molecule has 2 amide bonds. The molecule has 23 heavy (non-hydrogen) atoms. The molecule has 7 heteroatoms. The summed E-state index contributed by atoms with van der Waals surface area (Å²) in [5.41, 5.74) is 0.314. The molecule has 7 nitrogen and oxygen atoms in total. The average molecular weight is 317 g/mol. The van der Waals surface area contributed by atoms with Gasteiger partial charge in [0, 0.05) is 36.8 Å². The molecule has 0 spiro atoms. The molecule has 1 atom stereocenters. The summed E-state index contributed by atoms with van der Waals surface area (Å²) in [6, 6.07) is 6.10. The second kappa shape index (κ2) is 6.36. The number of nitrogens with zero attached hydrogens (tertiary/aromatic N) is 2. The van der Waals surface area contributed by atoms with Crippen LogP contribution in [0.1, 0.15) is 32.1 Å². The van der Waals surface area contributed by atoms with Gasteiger partial charge in [0.25, 0.3) is 5.69 Å². The zero-order valence-electron chi connectivity index (χ0n) is 12.7. The number of hydrogen-bond acceptors (Lipinski definition) is 4. The second-order valence-corrected chi connectivity index (χ2v) is 6.18. The Bertz CT molecular complexity index is 640. The van der Waals surface area contributed by atoms with Crippen molar-refractivity contribution in [3.63, 3.8) is 0 Å². The summed E-state index contributed by atoms with van der Waals surface area (Å²) in [5.74, 6) is -0.599. The lowest BCUT2D eigenvalue weighted by Crippen LogP contribution is -2.35. The molecule has 1 aromatic carbocycles. The Labute approximate surface area is 133 Å². The molecule has 1 heterocycles. The summed E-state index contributed by atoms with van der Waals surface area (Å²) in [6.07, 6.45) is 4.53. The number of carbonyl (C=O) groups excluding carboxylic acids is 2. The van der Waals surface area contributed by atoms with E-state index in [4.69, 9.17) is 0 Å². The minimum atomic E-state index is -0.503. The lowest BCUT2D eigenvalue weighted by molar-refractivity contribution is -0.384. The fraction of sp³-hybridized carbons (Fsp3) is 0.500. The van der Waals surface area contributed by atoms with Gasteiger partial charge in [-0.05, 0) is 18.9 Å². The zero-order chi connectivity index (χ0) is 16.4. The zero-order valence-corrected chi connectivity index (χ0v) is 12.7. The van der Waals surface area contributed by atoms with Crippen LogP contribution in [-0.2, 0) is 9.59 Å². The van der Waals surface area contributed by atoms with Crippen molar-refractivity contribution in [1.29, 1.82) is 0 Å². The molecule has 2 fully saturated rings. The minimum absolute atomic E-state index is 0.0380. The van der Waals surface area contributed by atoms with Crippen LogP contribution in [0, 0.1) is 16.0 Å². The van der Waals surface area contributed by atoms with Crippen LogP contribution < -0.4 is 5.32 Å². The lowest BCUT2D eigenvalue weighted by atomic mass is 10.1. The first-order chi connectivity index (χ1) is 11.0. The topological polar surface area (TPSA) is 92.5 Å². The molecule has 0 radical (unpaired) electrons. The molecule has 0 bridgehead atoms. The summed E-state index contributed by atoms with van der Waals surface area (Å²) in [5, 5.41) is 13.5. The van der Waals surface area contributed by atoms with E-state index in [-0.39, 0.29) is 35.9 Å². The molecule has 122 valence electrons. The SMILES string of the molecule is O=C(Nc1cccc([N+](=O)[O-])c1)C1CC(=O)N(C2CCCC2)C1. The van der Waals surface area contributed by atoms with Gasteiger partial charge in [0.2, 0.25) is 11.8 Å². The van der Waals surface area contributed by atoms with Crippen molar-refractivity contribution in [2.45, 2.75) is 38.1 Å². The third-order valence-electron chi connectivity index (χ3n) is 4.62. The molecule has 1 aromatic rings. The molecule has 1 unspecified atom stereocenters. The number of hydrogen-bond donors (Lipinski definition) is 1. The fourth-order valence-corrected chi connectivity index (χ4v) is 3.42. The summed E-state index contributed by atoms with van der Waals surface area (Å²) in [6.45, 7) is 0.449. The van der Waals surface area contributed by atoms with Crippen molar-refractivity contribution in [2.75, 3.05) is 11.9 Å². The Morgan fingerprint density at radius 3 is 2.74 bits per heavy atom. The third-order valence-corrected chi connectivity index (χ3v) is 4.62. The van der Waals surface area contributed by atoms with Gasteiger partial charge in [-0.3, -0.25) is 19.7 Å². The first kappa shape index (κ1) is 15.5. The Morgan fingerprint density at radius 1 is 1.30 bits per heavy atom. The maximum absolute atomic E-state index is 12.3. The van der Waals surface area contributed by atoms with Gasteiger partial charge in [-0.15, -0.1) is 0 Å². The van der Waals surface area contributed by atoms with Gasteiger partial charge >= 0.3 is 0 Å². The number of rotatable bonds is 4. The van der Waals surface area contributed by atoms with Crippen molar-refractivity contribution in [3.05, 3.63) is 34.4 Å². The summed E-state index contributed by atoms with van der Waals surface area (Å²) in [7, 11) is 0. The molecule has 1 aliphatic carbocycles. The van der Waals surface area contributed by atoms with E-state index in [9.17, 15) is 19.7 Å². The highest BCUT2D eigenvalue weighted by atomic mass is 16.6. The molecule has 1 aliphatic heterocycles. The van der Waals surface area contributed by atoms with Crippen molar-refractivity contribution in [1.82, 2.24) is 4.90 Å². The number of nitrogens with one attached hydrogen (secondary N) is 1. The number of nitro benzene ring substituents is 1. The molecular formula is C16H19N3O4. The highest BCUT2D eigenvalue weighted by molar-refractivity contribution is 5.97. The Balaban J connectivity index is 1.63.